The van der Waals surface area contributed by atoms with Crippen LogP contribution < -0.4 is 9.62 Å². The number of nitriles is 1. The maximum absolute atomic E-state index is 13.1. The van der Waals surface area contributed by atoms with Crippen LogP contribution in [0.15, 0.2) is 71.2 Å². The molecule has 1 unspecified atom stereocenters. The summed E-state index contributed by atoms with van der Waals surface area (Å²) in [6, 6.07) is 16.3. The van der Waals surface area contributed by atoms with Crippen LogP contribution in [-0.4, -0.2) is 54.5 Å². The fourth-order valence-corrected chi connectivity index (χ4v) is 6.28. The van der Waals surface area contributed by atoms with Gasteiger partial charge in [-0.15, -0.1) is 11.3 Å². The Bertz CT molecular complexity index is 1540. The molecule has 0 saturated carbocycles. The van der Waals surface area contributed by atoms with Crippen molar-refractivity contribution in [3.63, 3.8) is 0 Å². The lowest BCUT2D eigenvalue weighted by Crippen LogP contribution is -2.54. The fourth-order valence-electron chi connectivity index (χ4n) is 4.49. The minimum atomic E-state index is -3.70. The monoisotopic (exact) mass is 520 g/mol. The Morgan fingerprint density at radius 3 is 2.69 bits per heavy atom. The molecule has 1 saturated heterocycles. The van der Waals surface area contributed by atoms with Gasteiger partial charge in [0.1, 0.15) is 6.54 Å². The molecule has 1 aliphatic rings. The van der Waals surface area contributed by atoms with E-state index in [1.807, 2.05) is 40.8 Å². The van der Waals surface area contributed by atoms with Crippen molar-refractivity contribution in [2.75, 3.05) is 29.3 Å². The number of benzene rings is 2. The molecule has 1 amide bonds. The molecule has 184 valence electrons. The van der Waals surface area contributed by atoms with Crippen LogP contribution in [-0.2, 0) is 21.4 Å². The minimum absolute atomic E-state index is 0.00625. The quantitative estimate of drug-likeness (QED) is 0.417. The van der Waals surface area contributed by atoms with E-state index in [2.05, 4.69) is 20.7 Å². The Balaban J connectivity index is 1.22. The van der Waals surface area contributed by atoms with Crippen LogP contribution in [0.1, 0.15) is 12.5 Å². The molecule has 2 aromatic carbocycles. The van der Waals surface area contributed by atoms with Crippen LogP contribution in [0.5, 0.6) is 0 Å². The number of aromatic nitrogens is 2. The molecule has 0 bridgehead atoms. The summed E-state index contributed by atoms with van der Waals surface area (Å²) < 4.78 is 29.6. The number of carbonyl (C=O) groups excluding carboxylic acids is 1. The molecule has 3 heterocycles. The molecule has 9 nitrogen and oxygen atoms in total. The van der Waals surface area contributed by atoms with Crippen molar-refractivity contribution in [3.8, 4) is 6.07 Å². The van der Waals surface area contributed by atoms with Crippen LogP contribution in [0, 0.1) is 11.3 Å². The van der Waals surface area contributed by atoms with Crippen LogP contribution in [0.2, 0.25) is 0 Å². The van der Waals surface area contributed by atoms with Crippen LogP contribution in [0.25, 0.3) is 10.9 Å². The molecule has 11 heteroatoms. The van der Waals surface area contributed by atoms with E-state index >= 15 is 0 Å². The van der Waals surface area contributed by atoms with Gasteiger partial charge in [0, 0.05) is 60.0 Å². The first-order valence-electron chi connectivity index (χ1n) is 11.4. The molecule has 1 N–H and O–H groups in total. The molecule has 1 fully saturated rings. The first-order valence-corrected chi connectivity index (χ1v) is 13.8. The van der Waals surface area contributed by atoms with E-state index in [1.165, 1.54) is 11.3 Å². The van der Waals surface area contributed by atoms with E-state index in [4.69, 9.17) is 5.26 Å². The highest BCUT2D eigenvalue weighted by Crippen LogP contribution is 2.24. The third kappa shape index (κ3) is 4.78. The zero-order valence-corrected chi connectivity index (χ0v) is 21.2. The average molecular weight is 521 g/mol. The summed E-state index contributed by atoms with van der Waals surface area (Å²) in [7, 11) is -3.70. The lowest BCUT2D eigenvalue weighted by molar-refractivity contribution is -0.134. The predicted molar refractivity (Wildman–Crippen MR) is 139 cm³/mol. The normalized spacial score (nSPS) is 16.2. The first kappa shape index (κ1) is 23.8. The van der Waals surface area contributed by atoms with Crippen molar-refractivity contribution in [3.05, 3.63) is 71.9 Å². The van der Waals surface area contributed by atoms with Gasteiger partial charge >= 0.3 is 0 Å². The third-order valence-corrected chi connectivity index (χ3v) is 8.49. The highest BCUT2D eigenvalue weighted by Gasteiger charge is 2.28. The van der Waals surface area contributed by atoms with Gasteiger partial charge in [-0.1, -0.05) is 0 Å². The van der Waals surface area contributed by atoms with Crippen molar-refractivity contribution in [2.45, 2.75) is 24.4 Å². The molecule has 5 rings (SSSR count). The summed E-state index contributed by atoms with van der Waals surface area (Å²) in [6.45, 7) is 4.13. The summed E-state index contributed by atoms with van der Waals surface area (Å²) in [4.78, 5) is 21.3. The van der Waals surface area contributed by atoms with Crippen molar-refractivity contribution in [2.24, 2.45) is 0 Å². The van der Waals surface area contributed by atoms with E-state index in [9.17, 15) is 13.2 Å². The lowest BCUT2D eigenvalue weighted by Gasteiger charge is -2.41. The zero-order valence-electron chi connectivity index (χ0n) is 19.5. The summed E-state index contributed by atoms with van der Waals surface area (Å²) >= 11 is 1.22. The summed E-state index contributed by atoms with van der Waals surface area (Å²) in [5, 5.41) is 12.1. The number of rotatable bonds is 6. The molecule has 36 heavy (non-hydrogen) atoms. The SMILES string of the molecule is CC1CN(c2ccc(S(=O)(=O)Nc3nccs3)cc2)CCN1C(=O)Cn1ccc2cc(C#N)ccc21. The Hall–Kier alpha value is -3.88. The molecule has 4 aromatic rings. The number of sulfonamides is 1. The Morgan fingerprint density at radius 1 is 1.19 bits per heavy atom. The van der Waals surface area contributed by atoms with Gasteiger partial charge in [0.2, 0.25) is 5.91 Å². The second-order valence-electron chi connectivity index (χ2n) is 8.65. The van der Waals surface area contributed by atoms with Crippen LogP contribution in [0.3, 0.4) is 0 Å². The maximum Gasteiger partial charge on any atom is 0.263 e. The van der Waals surface area contributed by atoms with E-state index in [0.717, 1.165) is 16.6 Å². The van der Waals surface area contributed by atoms with Gasteiger partial charge in [0.15, 0.2) is 5.13 Å². The molecule has 0 aliphatic carbocycles. The molecular weight excluding hydrogens is 496 g/mol. The highest BCUT2D eigenvalue weighted by molar-refractivity contribution is 7.93. The summed E-state index contributed by atoms with van der Waals surface area (Å²) in [6.07, 6.45) is 3.42. The number of amides is 1. The number of carbonyl (C=O) groups is 1. The smallest absolute Gasteiger partial charge is 0.263 e. The number of piperazine rings is 1. The van der Waals surface area contributed by atoms with Gasteiger partial charge in [0.25, 0.3) is 10.0 Å². The number of nitrogens with zero attached hydrogens (tertiary/aromatic N) is 5. The second-order valence-corrected chi connectivity index (χ2v) is 11.2. The first-order chi connectivity index (χ1) is 17.3. The van der Waals surface area contributed by atoms with E-state index in [1.54, 1.807) is 41.9 Å². The fraction of sp³-hybridized carbons (Fsp3) is 0.240. The third-order valence-electron chi connectivity index (χ3n) is 6.32. The van der Waals surface area contributed by atoms with Crippen molar-refractivity contribution < 1.29 is 13.2 Å². The molecule has 0 radical (unpaired) electrons. The minimum Gasteiger partial charge on any atom is -0.368 e. The number of hydrogen-bond donors (Lipinski definition) is 1. The largest absolute Gasteiger partial charge is 0.368 e. The Kier molecular flexibility index (Phi) is 6.38. The van der Waals surface area contributed by atoms with Gasteiger partial charge in [-0.3, -0.25) is 9.52 Å². The standard InChI is InChI=1S/C25H24N6O3S2/c1-18-16-29(21-3-5-22(6-4-21)36(33,34)28-25-27-9-13-35-25)11-12-31(18)24(32)17-30-10-8-20-14-19(15-26)2-7-23(20)30/h2-10,13-14,18H,11-12,16-17H2,1H3,(H,27,28). The molecule has 1 aliphatic heterocycles. The molecule has 0 spiro atoms. The topological polar surface area (TPSA) is 111 Å². The summed E-state index contributed by atoms with van der Waals surface area (Å²) in [5.74, 6) is 0.0405. The van der Waals surface area contributed by atoms with E-state index in [0.29, 0.717) is 30.3 Å². The number of thiazole rings is 1. The van der Waals surface area contributed by atoms with Gasteiger partial charge in [-0.05, 0) is 55.5 Å². The number of hydrogen-bond acceptors (Lipinski definition) is 7. The van der Waals surface area contributed by atoms with Gasteiger partial charge in [-0.2, -0.15) is 5.26 Å². The van der Waals surface area contributed by atoms with Gasteiger partial charge < -0.3 is 14.4 Å². The lowest BCUT2D eigenvalue weighted by atomic mass is 10.1. The van der Waals surface area contributed by atoms with Crippen molar-refractivity contribution >= 4 is 49.0 Å². The van der Waals surface area contributed by atoms with Crippen molar-refractivity contribution in [1.82, 2.24) is 14.5 Å². The predicted octanol–water partition coefficient (Wildman–Crippen LogP) is 3.51. The average Bonchev–Trinajstić information content (AvgIpc) is 3.53. The van der Waals surface area contributed by atoms with Crippen molar-refractivity contribution in [1.29, 1.82) is 5.26 Å². The van der Waals surface area contributed by atoms with E-state index in [-0.39, 0.29) is 23.4 Å². The number of nitrogens with one attached hydrogen (secondary N) is 1. The number of anilines is 2. The molecule has 2 aromatic heterocycles. The molecule has 1 atom stereocenters. The zero-order chi connectivity index (χ0) is 25.3. The number of fused-ring (bicyclic) bond motifs is 1. The van der Waals surface area contributed by atoms with Crippen LogP contribution in [0.4, 0.5) is 10.8 Å². The second kappa shape index (κ2) is 9.64. The molecular formula is C25H24N6O3S2. The Labute approximate surface area is 213 Å². The van der Waals surface area contributed by atoms with E-state index < -0.39 is 10.0 Å². The Morgan fingerprint density at radius 2 is 2.00 bits per heavy atom. The highest BCUT2D eigenvalue weighted by atomic mass is 32.2. The maximum atomic E-state index is 13.1. The van der Waals surface area contributed by atoms with Gasteiger partial charge in [-0.25, -0.2) is 13.4 Å². The van der Waals surface area contributed by atoms with Gasteiger partial charge in [0.05, 0.1) is 16.5 Å². The summed E-state index contributed by atoms with van der Waals surface area (Å²) in [5.41, 5.74) is 2.43. The van der Waals surface area contributed by atoms with Crippen LogP contribution >= 0.6 is 11.3 Å².